The summed E-state index contributed by atoms with van der Waals surface area (Å²) in [6.07, 6.45) is 1.12. The molecule has 1 heterocycles. The minimum absolute atomic E-state index is 0.0239. The van der Waals surface area contributed by atoms with Crippen molar-refractivity contribution < 1.29 is 19.4 Å². The van der Waals surface area contributed by atoms with Gasteiger partial charge in [0, 0.05) is 19.1 Å². The summed E-state index contributed by atoms with van der Waals surface area (Å²) in [5.41, 5.74) is 0.287. The lowest BCUT2D eigenvalue weighted by Crippen LogP contribution is -2.49. The topological polar surface area (TPSA) is 78.9 Å². The molecule has 1 aliphatic rings. The summed E-state index contributed by atoms with van der Waals surface area (Å²) in [5, 5.41) is 14.8. The molecule has 6 heteroatoms. The fraction of sp³-hybridized carbons (Fsp3) is 0.368. The van der Waals surface area contributed by atoms with E-state index >= 15 is 0 Å². The number of piperidine rings is 1. The van der Waals surface area contributed by atoms with Crippen LogP contribution in [0.15, 0.2) is 36.4 Å². The fourth-order valence-corrected chi connectivity index (χ4v) is 3.19. The van der Waals surface area contributed by atoms with Crippen molar-refractivity contribution >= 4 is 22.8 Å². The summed E-state index contributed by atoms with van der Waals surface area (Å²) < 4.78 is 4.90. The van der Waals surface area contributed by atoms with Gasteiger partial charge in [-0.05, 0) is 42.7 Å². The van der Waals surface area contributed by atoms with Crippen molar-refractivity contribution in [1.82, 2.24) is 10.2 Å². The Kier molecular flexibility index (Phi) is 5.07. The number of carbonyl (C=O) groups is 2. The molecule has 132 valence electrons. The zero-order valence-corrected chi connectivity index (χ0v) is 14.2. The summed E-state index contributed by atoms with van der Waals surface area (Å²) in [5.74, 6) is -0.247. The zero-order chi connectivity index (χ0) is 17.8. The summed E-state index contributed by atoms with van der Waals surface area (Å²) in [7, 11) is 0. The van der Waals surface area contributed by atoms with E-state index in [4.69, 9.17) is 4.74 Å². The number of aromatic hydroxyl groups is 1. The Bertz CT molecular complexity index is 790. The maximum atomic E-state index is 12.8. The summed E-state index contributed by atoms with van der Waals surface area (Å²) in [6.45, 7) is 3.07. The van der Waals surface area contributed by atoms with Gasteiger partial charge in [-0.3, -0.25) is 4.79 Å². The fourth-order valence-electron chi connectivity index (χ4n) is 3.19. The average Bonchev–Trinajstić information content (AvgIpc) is 2.61. The molecule has 0 aliphatic carbocycles. The molecule has 1 atom stereocenters. The second-order valence-corrected chi connectivity index (χ2v) is 6.17. The van der Waals surface area contributed by atoms with Crippen molar-refractivity contribution in [2.24, 2.45) is 0 Å². The Hall–Kier alpha value is -2.76. The summed E-state index contributed by atoms with van der Waals surface area (Å²) in [6, 6.07) is 10.8. The molecule has 2 N–H and O–H groups in total. The molecule has 0 spiro atoms. The van der Waals surface area contributed by atoms with Crippen molar-refractivity contribution in [3.8, 4) is 5.75 Å². The normalized spacial score (nSPS) is 17.3. The molecule has 6 nitrogen and oxygen atoms in total. The van der Waals surface area contributed by atoms with E-state index in [1.807, 2.05) is 24.3 Å². The zero-order valence-electron chi connectivity index (χ0n) is 14.2. The highest BCUT2D eigenvalue weighted by atomic mass is 16.5. The molecular weight excluding hydrogens is 320 g/mol. The first-order chi connectivity index (χ1) is 12.1. The lowest BCUT2D eigenvalue weighted by Gasteiger charge is -2.33. The molecule has 0 radical (unpaired) electrons. The smallest absolute Gasteiger partial charge is 0.407 e. The van der Waals surface area contributed by atoms with E-state index in [-0.39, 0.29) is 23.3 Å². The molecule has 1 saturated heterocycles. The van der Waals surface area contributed by atoms with Gasteiger partial charge in [-0.2, -0.15) is 0 Å². The molecule has 2 aromatic carbocycles. The largest absolute Gasteiger partial charge is 0.507 e. The van der Waals surface area contributed by atoms with Crippen LogP contribution < -0.4 is 5.32 Å². The van der Waals surface area contributed by atoms with E-state index in [0.29, 0.717) is 19.7 Å². The van der Waals surface area contributed by atoms with Crippen LogP contribution in [-0.2, 0) is 4.74 Å². The van der Waals surface area contributed by atoms with Crippen molar-refractivity contribution in [3.05, 3.63) is 42.0 Å². The van der Waals surface area contributed by atoms with Crippen molar-refractivity contribution in [3.63, 3.8) is 0 Å². The minimum atomic E-state index is -0.463. The average molecular weight is 342 g/mol. The number of likely N-dealkylation sites (tertiary alicyclic amines) is 1. The number of fused-ring (bicyclic) bond motifs is 1. The van der Waals surface area contributed by atoms with Crippen LogP contribution in [0, 0.1) is 0 Å². The van der Waals surface area contributed by atoms with Crippen LogP contribution in [0.1, 0.15) is 30.1 Å². The highest BCUT2D eigenvalue weighted by molar-refractivity contribution is 6.01. The third kappa shape index (κ3) is 3.84. The van der Waals surface area contributed by atoms with Crippen LogP contribution in [-0.4, -0.2) is 47.7 Å². The number of hydrogen-bond donors (Lipinski definition) is 2. The first-order valence-electron chi connectivity index (χ1n) is 8.53. The van der Waals surface area contributed by atoms with Gasteiger partial charge in [-0.15, -0.1) is 0 Å². The lowest BCUT2D eigenvalue weighted by atomic mass is 10.0. The summed E-state index contributed by atoms with van der Waals surface area (Å²) in [4.78, 5) is 26.1. The number of amides is 2. The van der Waals surface area contributed by atoms with Crippen molar-refractivity contribution in [2.75, 3.05) is 19.7 Å². The number of alkyl carbamates (subject to hydrolysis) is 1. The Balaban J connectivity index is 1.76. The summed E-state index contributed by atoms with van der Waals surface area (Å²) >= 11 is 0. The quantitative estimate of drug-likeness (QED) is 0.899. The van der Waals surface area contributed by atoms with Gasteiger partial charge in [0.15, 0.2) is 0 Å². The Morgan fingerprint density at radius 2 is 2.00 bits per heavy atom. The predicted molar refractivity (Wildman–Crippen MR) is 94.7 cm³/mol. The molecule has 3 rings (SSSR count). The van der Waals surface area contributed by atoms with Gasteiger partial charge in [-0.25, -0.2) is 4.79 Å². The van der Waals surface area contributed by atoms with E-state index in [9.17, 15) is 14.7 Å². The standard InChI is InChI=1S/C19H22N2O4/c1-2-25-19(24)20-15-8-5-9-21(12-15)18(23)16-10-13-6-3-4-7-14(13)11-17(16)22/h3-4,6-7,10-11,15,22H,2,5,8-9,12H2,1H3,(H,20,24). The van der Waals surface area contributed by atoms with Crippen LogP contribution >= 0.6 is 0 Å². The lowest BCUT2D eigenvalue weighted by molar-refractivity contribution is 0.0683. The van der Waals surface area contributed by atoms with Gasteiger partial charge in [0.1, 0.15) is 5.75 Å². The van der Waals surface area contributed by atoms with E-state index < -0.39 is 6.09 Å². The third-order valence-corrected chi connectivity index (χ3v) is 4.40. The maximum Gasteiger partial charge on any atom is 0.407 e. The molecule has 0 saturated carbocycles. The van der Waals surface area contributed by atoms with Gasteiger partial charge < -0.3 is 20.1 Å². The maximum absolute atomic E-state index is 12.8. The monoisotopic (exact) mass is 342 g/mol. The number of rotatable bonds is 3. The van der Waals surface area contributed by atoms with Crippen LogP contribution in [0.25, 0.3) is 10.8 Å². The first kappa shape index (κ1) is 17.1. The number of nitrogens with zero attached hydrogens (tertiary/aromatic N) is 1. The number of ether oxygens (including phenoxy) is 1. The van der Waals surface area contributed by atoms with E-state index in [2.05, 4.69) is 5.32 Å². The molecule has 2 amide bonds. The van der Waals surface area contributed by atoms with E-state index in [1.54, 1.807) is 24.0 Å². The number of hydrogen-bond acceptors (Lipinski definition) is 4. The number of phenols is 1. The van der Waals surface area contributed by atoms with Crippen LogP contribution in [0.5, 0.6) is 5.75 Å². The van der Waals surface area contributed by atoms with Crippen molar-refractivity contribution in [1.29, 1.82) is 0 Å². The highest BCUT2D eigenvalue weighted by Gasteiger charge is 2.27. The van der Waals surface area contributed by atoms with Crippen LogP contribution in [0.4, 0.5) is 4.79 Å². The Labute approximate surface area is 146 Å². The second-order valence-electron chi connectivity index (χ2n) is 6.17. The molecule has 0 aromatic heterocycles. The molecule has 1 fully saturated rings. The van der Waals surface area contributed by atoms with Crippen LogP contribution in [0.2, 0.25) is 0 Å². The first-order valence-corrected chi connectivity index (χ1v) is 8.53. The third-order valence-electron chi connectivity index (χ3n) is 4.40. The molecular formula is C19H22N2O4. The predicted octanol–water partition coefficient (Wildman–Crippen LogP) is 2.90. The van der Waals surface area contributed by atoms with E-state index in [1.165, 1.54) is 0 Å². The van der Waals surface area contributed by atoms with Gasteiger partial charge in [0.2, 0.25) is 0 Å². The highest BCUT2D eigenvalue weighted by Crippen LogP contribution is 2.27. The number of carbonyl (C=O) groups excluding carboxylic acids is 2. The van der Waals surface area contributed by atoms with Gasteiger partial charge >= 0.3 is 6.09 Å². The molecule has 2 aromatic rings. The van der Waals surface area contributed by atoms with Crippen LogP contribution in [0.3, 0.4) is 0 Å². The molecule has 0 bridgehead atoms. The van der Waals surface area contributed by atoms with Gasteiger partial charge in [0.25, 0.3) is 5.91 Å². The minimum Gasteiger partial charge on any atom is -0.507 e. The van der Waals surface area contributed by atoms with E-state index in [0.717, 1.165) is 23.6 Å². The number of nitrogens with one attached hydrogen (secondary N) is 1. The number of phenolic OH excluding ortho intramolecular Hbond substituents is 1. The Morgan fingerprint density at radius 1 is 1.28 bits per heavy atom. The van der Waals surface area contributed by atoms with Gasteiger partial charge in [-0.1, -0.05) is 24.3 Å². The molecule has 1 aliphatic heterocycles. The SMILES string of the molecule is CCOC(=O)NC1CCCN(C(=O)c2cc3ccccc3cc2O)C1. The van der Waals surface area contributed by atoms with Crippen molar-refractivity contribution in [2.45, 2.75) is 25.8 Å². The second kappa shape index (κ2) is 7.42. The molecule has 25 heavy (non-hydrogen) atoms. The Morgan fingerprint density at radius 3 is 2.72 bits per heavy atom. The number of benzene rings is 2. The van der Waals surface area contributed by atoms with Gasteiger partial charge in [0.05, 0.1) is 12.2 Å². The molecule has 1 unspecified atom stereocenters.